The number of nitrogens with one attached hydrogen (secondary N) is 1. The van der Waals surface area contributed by atoms with E-state index < -0.39 is 0 Å². The molecular formula is C17H21ClN4O3. The van der Waals surface area contributed by atoms with Crippen molar-refractivity contribution in [2.45, 2.75) is 25.8 Å². The number of benzene rings is 1. The highest BCUT2D eigenvalue weighted by Gasteiger charge is 2.20. The van der Waals surface area contributed by atoms with Crippen molar-refractivity contribution in [1.29, 1.82) is 0 Å². The van der Waals surface area contributed by atoms with Gasteiger partial charge in [0, 0.05) is 24.7 Å². The Hall–Kier alpha value is -2.12. The summed E-state index contributed by atoms with van der Waals surface area (Å²) in [6.45, 7) is 5.06. The minimum absolute atomic E-state index is 0.0501. The lowest BCUT2D eigenvalue weighted by Crippen LogP contribution is -2.45. The molecule has 0 bridgehead atoms. The van der Waals surface area contributed by atoms with E-state index >= 15 is 0 Å². The van der Waals surface area contributed by atoms with Gasteiger partial charge in [0.1, 0.15) is 0 Å². The molecule has 1 fully saturated rings. The zero-order valence-electron chi connectivity index (χ0n) is 14.1. The number of piperidine rings is 1. The van der Waals surface area contributed by atoms with E-state index in [0.717, 1.165) is 32.5 Å². The first-order valence-corrected chi connectivity index (χ1v) is 8.76. The molecule has 7 nitrogen and oxygen atoms in total. The largest absolute Gasteiger partial charge is 0.439 e. The first-order chi connectivity index (χ1) is 12.2. The Labute approximate surface area is 151 Å². The topological polar surface area (TPSA) is 80.5 Å². The van der Waals surface area contributed by atoms with Gasteiger partial charge in [0.2, 0.25) is 5.82 Å². The summed E-state index contributed by atoms with van der Waals surface area (Å²) >= 11 is 6.09. The lowest BCUT2D eigenvalue weighted by molar-refractivity contribution is -0.124. The Bertz CT molecular complexity index is 713. The summed E-state index contributed by atoms with van der Waals surface area (Å²) in [6.07, 6.45) is 1.86. The van der Waals surface area contributed by atoms with Gasteiger partial charge < -0.3 is 15.0 Å². The maximum Gasteiger partial charge on any atom is 0.418 e. The Morgan fingerprint density at radius 2 is 2.16 bits per heavy atom. The molecule has 2 heterocycles. The minimum Gasteiger partial charge on any atom is -0.439 e. The van der Waals surface area contributed by atoms with Crippen LogP contribution in [-0.2, 0) is 4.79 Å². The molecule has 134 valence electrons. The number of hydrogen-bond donors (Lipinski definition) is 1. The smallest absolute Gasteiger partial charge is 0.418 e. The molecule has 1 N–H and O–H groups in total. The summed E-state index contributed by atoms with van der Waals surface area (Å²) in [5, 5.41) is 7.33. The number of carbonyl (C=O) groups excluding carboxylic acids is 1. The molecule has 0 radical (unpaired) electrons. The summed E-state index contributed by atoms with van der Waals surface area (Å²) in [5.74, 6) is 0.139. The molecule has 1 aromatic heterocycles. The predicted molar refractivity (Wildman–Crippen MR) is 93.5 cm³/mol. The molecule has 1 amide bonds. The third-order valence-electron chi connectivity index (χ3n) is 4.25. The summed E-state index contributed by atoms with van der Waals surface area (Å²) in [4.78, 5) is 18.5. The molecule has 2 aromatic rings. The van der Waals surface area contributed by atoms with E-state index in [0.29, 0.717) is 16.4 Å². The molecule has 25 heavy (non-hydrogen) atoms. The fourth-order valence-electron chi connectivity index (χ4n) is 2.81. The summed E-state index contributed by atoms with van der Waals surface area (Å²) in [7, 11) is 0. The molecule has 1 aliphatic rings. The van der Waals surface area contributed by atoms with E-state index in [1.807, 2.05) is 12.1 Å². The molecular weight excluding hydrogens is 344 g/mol. The second-order valence-corrected chi connectivity index (χ2v) is 6.34. The van der Waals surface area contributed by atoms with Crippen LogP contribution in [0.1, 0.15) is 19.8 Å². The summed E-state index contributed by atoms with van der Waals surface area (Å²) in [5.41, 5.74) is 0.648. The molecule has 0 aliphatic carbocycles. The second kappa shape index (κ2) is 8.31. The van der Waals surface area contributed by atoms with Crippen molar-refractivity contribution in [3.8, 4) is 17.5 Å². The maximum absolute atomic E-state index is 12.0. The fourth-order valence-corrected chi connectivity index (χ4v) is 3.03. The van der Waals surface area contributed by atoms with Crippen LogP contribution in [0.3, 0.4) is 0 Å². The van der Waals surface area contributed by atoms with E-state index in [4.69, 9.17) is 20.9 Å². The van der Waals surface area contributed by atoms with Crippen LogP contribution in [0.15, 0.2) is 28.8 Å². The van der Waals surface area contributed by atoms with E-state index in [1.54, 1.807) is 12.1 Å². The Kier molecular flexibility index (Phi) is 5.88. The highest BCUT2D eigenvalue weighted by atomic mass is 35.5. The molecule has 3 rings (SSSR count). The SMILES string of the molecule is CCN1CCC(NC(=O)COc2nc(-c3ccccc3Cl)no2)CC1. The van der Waals surface area contributed by atoms with Crippen molar-refractivity contribution >= 4 is 17.5 Å². The normalized spacial score (nSPS) is 15.9. The first-order valence-electron chi connectivity index (χ1n) is 8.39. The van der Waals surface area contributed by atoms with Gasteiger partial charge in [0.15, 0.2) is 6.61 Å². The number of rotatable bonds is 6. The number of amides is 1. The Morgan fingerprint density at radius 3 is 2.88 bits per heavy atom. The van der Waals surface area contributed by atoms with Crippen LogP contribution in [0.2, 0.25) is 5.02 Å². The number of carbonyl (C=O) groups is 1. The second-order valence-electron chi connectivity index (χ2n) is 5.93. The predicted octanol–water partition coefficient (Wildman–Crippen LogP) is 2.37. The van der Waals surface area contributed by atoms with Gasteiger partial charge in [-0.3, -0.25) is 9.32 Å². The molecule has 0 unspecified atom stereocenters. The highest BCUT2D eigenvalue weighted by Crippen LogP contribution is 2.26. The van der Waals surface area contributed by atoms with Gasteiger partial charge in [0.05, 0.1) is 5.02 Å². The quantitative estimate of drug-likeness (QED) is 0.847. The average Bonchev–Trinajstić information content (AvgIpc) is 3.10. The van der Waals surface area contributed by atoms with Crippen molar-refractivity contribution < 1.29 is 14.1 Å². The van der Waals surface area contributed by atoms with Crippen LogP contribution in [0.25, 0.3) is 11.4 Å². The number of halogens is 1. The minimum atomic E-state index is -0.188. The van der Waals surface area contributed by atoms with E-state index in [-0.39, 0.29) is 24.6 Å². The molecule has 1 aliphatic heterocycles. The zero-order chi connectivity index (χ0) is 17.6. The molecule has 8 heteroatoms. The third-order valence-corrected chi connectivity index (χ3v) is 4.58. The van der Waals surface area contributed by atoms with Crippen molar-refractivity contribution in [2.24, 2.45) is 0 Å². The molecule has 1 aromatic carbocycles. The van der Waals surface area contributed by atoms with Gasteiger partial charge in [-0.2, -0.15) is 4.98 Å². The Morgan fingerprint density at radius 1 is 1.40 bits per heavy atom. The van der Waals surface area contributed by atoms with Crippen LogP contribution >= 0.6 is 11.6 Å². The third kappa shape index (κ3) is 4.70. The van der Waals surface area contributed by atoms with Crippen LogP contribution < -0.4 is 10.1 Å². The van der Waals surface area contributed by atoms with Crippen molar-refractivity contribution in [2.75, 3.05) is 26.2 Å². The van der Waals surface area contributed by atoms with Crippen LogP contribution in [0.4, 0.5) is 0 Å². The monoisotopic (exact) mass is 364 g/mol. The molecule has 1 saturated heterocycles. The number of aromatic nitrogens is 2. The van der Waals surface area contributed by atoms with E-state index in [2.05, 4.69) is 27.3 Å². The molecule has 0 saturated carbocycles. The van der Waals surface area contributed by atoms with Gasteiger partial charge in [-0.15, -0.1) is 0 Å². The summed E-state index contributed by atoms with van der Waals surface area (Å²) < 4.78 is 10.3. The maximum atomic E-state index is 12.0. The van der Waals surface area contributed by atoms with Gasteiger partial charge in [-0.05, 0) is 31.5 Å². The lowest BCUT2D eigenvalue weighted by Gasteiger charge is -2.31. The summed E-state index contributed by atoms with van der Waals surface area (Å²) in [6, 6.07) is 7.37. The van der Waals surface area contributed by atoms with Crippen LogP contribution in [-0.4, -0.2) is 53.2 Å². The standard InChI is InChI=1S/C17H21ClN4O3/c1-2-22-9-7-12(8-10-22)19-15(23)11-24-17-20-16(21-25-17)13-5-3-4-6-14(13)18/h3-6,12H,2,7-11H2,1H3,(H,19,23). The van der Waals surface area contributed by atoms with Crippen LogP contribution in [0.5, 0.6) is 6.08 Å². The molecule has 0 atom stereocenters. The average molecular weight is 365 g/mol. The van der Waals surface area contributed by atoms with Gasteiger partial charge >= 0.3 is 6.08 Å². The van der Waals surface area contributed by atoms with E-state index in [9.17, 15) is 4.79 Å². The van der Waals surface area contributed by atoms with Crippen molar-refractivity contribution in [3.63, 3.8) is 0 Å². The zero-order valence-corrected chi connectivity index (χ0v) is 14.8. The van der Waals surface area contributed by atoms with E-state index in [1.165, 1.54) is 0 Å². The van der Waals surface area contributed by atoms with Crippen molar-refractivity contribution in [3.05, 3.63) is 29.3 Å². The number of ether oxygens (including phenoxy) is 1. The number of hydrogen-bond acceptors (Lipinski definition) is 6. The lowest BCUT2D eigenvalue weighted by atomic mass is 10.1. The van der Waals surface area contributed by atoms with Crippen molar-refractivity contribution in [1.82, 2.24) is 20.4 Å². The first kappa shape index (κ1) is 17.7. The fraction of sp³-hybridized carbons (Fsp3) is 0.471. The van der Waals surface area contributed by atoms with Gasteiger partial charge in [-0.1, -0.05) is 35.8 Å². The van der Waals surface area contributed by atoms with Crippen LogP contribution in [0, 0.1) is 0 Å². The van der Waals surface area contributed by atoms with Gasteiger partial charge in [0.25, 0.3) is 5.91 Å². The number of nitrogens with zero attached hydrogens (tertiary/aromatic N) is 3. The Balaban J connectivity index is 1.48. The molecule has 0 spiro atoms. The van der Waals surface area contributed by atoms with Gasteiger partial charge in [-0.25, -0.2) is 0 Å². The highest BCUT2D eigenvalue weighted by molar-refractivity contribution is 6.33. The number of likely N-dealkylation sites (tertiary alicyclic amines) is 1.